The zero-order chi connectivity index (χ0) is 13.6. The zero-order valence-corrected chi connectivity index (χ0v) is 12.4. The molecule has 0 radical (unpaired) electrons. The molecule has 1 heteroatoms. The molecule has 1 fully saturated rings. The molecular formula is C17H26O. The fraction of sp³-hybridized carbons (Fsp3) is 0.647. The van der Waals surface area contributed by atoms with Crippen molar-refractivity contribution in [1.82, 2.24) is 0 Å². The Balaban J connectivity index is 2.51. The van der Waals surface area contributed by atoms with E-state index in [1.165, 1.54) is 28.7 Å². The number of benzene rings is 1. The van der Waals surface area contributed by atoms with Crippen LogP contribution in [0.1, 0.15) is 62.3 Å². The largest absolute Gasteiger partial charge is 0.395 e. The van der Waals surface area contributed by atoms with Gasteiger partial charge >= 0.3 is 0 Å². The number of aliphatic hydroxyl groups is 1. The lowest BCUT2D eigenvalue weighted by molar-refractivity contribution is 0.119. The summed E-state index contributed by atoms with van der Waals surface area (Å²) in [7, 11) is 0. The summed E-state index contributed by atoms with van der Waals surface area (Å²) in [5, 5.41) is 9.77. The quantitative estimate of drug-likeness (QED) is 0.835. The minimum atomic E-state index is 0.0601. The first-order valence-electron chi connectivity index (χ1n) is 7.03. The van der Waals surface area contributed by atoms with E-state index < -0.39 is 0 Å². The third-order valence-corrected chi connectivity index (χ3v) is 4.54. The van der Waals surface area contributed by atoms with Crippen molar-refractivity contribution in [3.63, 3.8) is 0 Å². The molecule has 0 saturated heterocycles. The Morgan fingerprint density at radius 3 is 1.89 bits per heavy atom. The second-order valence-electron chi connectivity index (χ2n) is 7.03. The van der Waals surface area contributed by atoms with E-state index in [-0.39, 0.29) is 10.8 Å². The summed E-state index contributed by atoms with van der Waals surface area (Å²) in [6.45, 7) is 11.5. The van der Waals surface area contributed by atoms with Crippen molar-refractivity contribution in [2.75, 3.05) is 6.61 Å². The average molecular weight is 246 g/mol. The van der Waals surface area contributed by atoms with E-state index in [9.17, 15) is 5.11 Å². The lowest BCUT2D eigenvalue weighted by atomic mass is 9.62. The summed E-state index contributed by atoms with van der Waals surface area (Å²) in [5.41, 5.74) is 5.77. The van der Waals surface area contributed by atoms with Crippen LogP contribution >= 0.6 is 0 Å². The summed E-state index contributed by atoms with van der Waals surface area (Å²) in [6.07, 6.45) is 3.53. The van der Waals surface area contributed by atoms with E-state index in [2.05, 4.69) is 46.8 Å². The van der Waals surface area contributed by atoms with Crippen LogP contribution in [0.4, 0.5) is 0 Å². The van der Waals surface area contributed by atoms with Crippen molar-refractivity contribution in [1.29, 1.82) is 0 Å². The summed E-state index contributed by atoms with van der Waals surface area (Å²) < 4.78 is 0. The number of aliphatic hydroxyl groups excluding tert-OH is 1. The molecule has 1 aliphatic rings. The van der Waals surface area contributed by atoms with E-state index in [0.29, 0.717) is 6.61 Å². The normalized spacial score (nSPS) is 18.6. The smallest absolute Gasteiger partial charge is 0.0528 e. The first-order valence-corrected chi connectivity index (χ1v) is 7.03. The molecule has 2 rings (SSSR count). The molecule has 1 N–H and O–H groups in total. The van der Waals surface area contributed by atoms with Gasteiger partial charge in [-0.15, -0.1) is 0 Å². The summed E-state index contributed by atoms with van der Waals surface area (Å²) >= 11 is 0. The molecule has 100 valence electrons. The average Bonchev–Trinajstić information content (AvgIpc) is 2.19. The highest BCUT2D eigenvalue weighted by atomic mass is 16.3. The number of rotatable bonds is 2. The van der Waals surface area contributed by atoms with E-state index >= 15 is 0 Å². The lowest BCUT2D eigenvalue weighted by Crippen LogP contribution is -2.39. The lowest BCUT2D eigenvalue weighted by Gasteiger charge is -2.43. The second kappa shape index (κ2) is 4.38. The van der Waals surface area contributed by atoms with Gasteiger partial charge in [-0.05, 0) is 54.4 Å². The van der Waals surface area contributed by atoms with Gasteiger partial charge in [-0.1, -0.05) is 39.3 Å². The first kappa shape index (κ1) is 13.6. The molecule has 0 aromatic heterocycles. The molecule has 0 spiro atoms. The maximum absolute atomic E-state index is 9.77. The van der Waals surface area contributed by atoms with Gasteiger partial charge in [-0.25, -0.2) is 0 Å². The molecule has 0 atom stereocenters. The molecular weight excluding hydrogens is 220 g/mol. The Hall–Kier alpha value is -0.820. The van der Waals surface area contributed by atoms with Gasteiger partial charge in [0.1, 0.15) is 0 Å². The fourth-order valence-electron chi connectivity index (χ4n) is 3.32. The molecule has 1 aromatic carbocycles. The summed E-state index contributed by atoms with van der Waals surface area (Å²) in [5.74, 6) is 0. The Labute approximate surface area is 111 Å². The molecule has 1 aromatic rings. The van der Waals surface area contributed by atoms with Gasteiger partial charge in [0.05, 0.1) is 6.61 Å². The SMILES string of the molecule is Cc1cc(C(C)(C)C)cc(C)c1C1(CO)CCC1. The minimum Gasteiger partial charge on any atom is -0.395 e. The fourth-order valence-corrected chi connectivity index (χ4v) is 3.32. The Morgan fingerprint density at radius 1 is 1.11 bits per heavy atom. The topological polar surface area (TPSA) is 20.2 Å². The third-order valence-electron chi connectivity index (χ3n) is 4.54. The Kier molecular flexibility index (Phi) is 3.31. The maximum atomic E-state index is 9.77. The van der Waals surface area contributed by atoms with Crippen LogP contribution in [-0.4, -0.2) is 11.7 Å². The second-order valence-corrected chi connectivity index (χ2v) is 7.03. The van der Waals surface area contributed by atoms with Gasteiger partial charge in [-0.3, -0.25) is 0 Å². The molecule has 18 heavy (non-hydrogen) atoms. The maximum Gasteiger partial charge on any atom is 0.0528 e. The molecule has 0 heterocycles. The van der Waals surface area contributed by atoms with E-state index in [0.717, 1.165) is 12.8 Å². The predicted octanol–water partition coefficient (Wildman–Crippen LogP) is 4.01. The molecule has 1 saturated carbocycles. The van der Waals surface area contributed by atoms with Crippen LogP contribution < -0.4 is 0 Å². The van der Waals surface area contributed by atoms with Crippen LogP contribution in [0.5, 0.6) is 0 Å². The van der Waals surface area contributed by atoms with Crippen LogP contribution in [0.15, 0.2) is 12.1 Å². The van der Waals surface area contributed by atoms with Gasteiger partial charge in [0, 0.05) is 5.41 Å². The van der Waals surface area contributed by atoms with Crippen molar-refractivity contribution in [3.05, 3.63) is 34.4 Å². The van der Waals surface area contributed by atoms with Crippen molar-refractivity contribution in [2.24, 2.45) is 0 Å². The minimum absolute atomic E-state index is 0.0601. The van der Waals surface area contributed by atoms with Gasteiger partial charge in [0.15, 0.2) is 0 Å². The van der Waals surface area contributed by atoms with E-state index in [4.69, 9.17) is 0 Å². The Morgan fingerprint density at radius 2 is 1.61 bits per heavy atom. The summed E-state index contributed by atoms with van der Waals surface area (Å²) in [6, 6.07) is 4.64. The van der Waals surface area contributed by atoms with Crippen molar-refractivity contribution in [3.8, 4) is 0 Å². The van der Waals surface area contributed by atoms with Gasteiger partial charge < -0.3 is 5.11 Å². The van der Waals surface area contributed by atoms with Crippen LogP contribution in [0.2, 0.25) is 0 Å². The standard InChI is InChI=1S/C17H26O/c1-12-9-14(16(3,4)5)10-13(2)15(12)17(11-18)7-6-8-17/h9-10,18H,6-8,11H2,1-5H3. The monoisotopic (exact) mass is 246 g/mol. The van der Waals surface area contributed by atoms with E-state index in [1.54, 1.807) is 0 Å². The molecule has 0 amide bonds. The van der Waals surface area contributed by atoms with Crippen LogP contribution in [-0.2, 0) is 10.8 Å². The zero-order valence-electron chi connectivity index (χ0n) is 12.4. The molecule has 1 nitrogen and oxygen atoms in total. The number of aryl methyl sites for hydroxylation is 2. The highest BCUT2D eigenvalue weighted by Gasteiger charge is 2.40. The third kappa shape index (κ3) is 2.09. The van der Waals surface area contributed by atoms with Crippen LogP contribution in [0.25, 0.3) is 0 Å². The Bertz CT molecular complexity index is 419. The highest BCUT2D eigenvalue weighted by Crippen LogP contribution is 2.46. The van der Waals surface area contributed by atoms with Gasteiger partial charge in [-0.2, -0.15) is 0 Å². The molecule has 0 bridgehead atoms. The highest BCUT2D eigenvalue weighted by molar-refractivity contribution is 5.46. The van der Waals surface area contributed by atoms with Crippen LogP contribution in [0.3, 0.4) is 0 Å². The summed E-state index contributed by atoms with van der Waals surface area (Å²) in [4.78, 5) is 0. The molecule has 0 unspecified atom stereocenters. The van der Waals surface area contributed by atoms with Crippen molar-refractivity contribution in [2.45, 2.75) is 64.7 Å². The first-order chi connectivity index (χ1) is 8.30. The van der Waals surface area contributed by atoms with Gasteiger partial charge in [0.25, 0.3) is 0 Å². The molecule has 0 aliphatic heterocycles. The molecule has 1 aliphatic carbocycles. The van der Waals surface area contributed by atoms with Crippen molar-refractivity contribution < 1.29 is 5.11 Å². The number of hydrogen-bond acceptors (Lipinski definition) is 1. The predicted molar refractivity (Wildman–Crippen MR) is 77.2 cm³/mol. The van der Waals surface area contributed by atoms with Crippen molar-refractivity contribution >= 4 is 0 Å². The van der Waals surface area contributed by atoms with Gasteiger partial charge in [0.2, 0.25) is 0 Å². The number of hydrogen-bond donors (Lipinski definition) is 1. The van der Waals surface area contributed by atoms with E-state index in [1.807, 2.05) is 0 Å². The van der Waals surface area contributed by atoms with Crippen LogP contribution in [0, 0.1) is 13.8 Å².